The number of anilines is 1. The van der Waals surface area contributed by atoms with Gasteiger partial charge in [0.2, 0.25) is 12.8 Å². The van der Waals surface area contributed by atoms with Crippen LogP contribution in [0, 0.1) is 0 Å². The molecule has 2 aromatic rings. The van der Waals surface area contributed by atoms with Gasteiger partial charge >= 0.3 is 11.9 Å². The predicted molar refractivity (Wildman–Crippen MR) is 136 cm³/mol. The molecule has 0 radical (unpaired) electrons. The summed E-state index contributed by atoms with van der Waals surface area (Å²) in [4.78, 5) is 62.2. The maximum Gasteiger partial charge on any atom is 0.352 e. The third-order valence-electron chi connectivity index (χ3n) is 5.73. The Balaban J connectivity index is 1.49. The first-order chi connectivity index (χ1) is 18.7. The molecule has 1 saturated heterocycles. The molecule has 2 amide bonds. The second-order valence-corrected chi connectivity index (χ2v) is 9.69. The maximum absolute atomic E-state index is 13.1. The summed E-state index contributed by atoms with van der Waals surface area (Å²) in [6.07, 6.45) is 6.51. The van der Waals surface area contributed by atoms with E-state index >= 15 is 0 Å². The number of hydrogen-bond donors (Lipinski definition) is 3. The van der Waals surface area contributed by atoms with E-state index in [4.69, 9.17) is 9.57 Å². The number of ether oxygens (including phenoxy) is 1. The highest BCUT2D eigenvalue weighted by molar-refractivity contribution is 8.00. The Morgan fingerprint density at radius 1 is 1.36 bits per heavy atom. The number of rotatable bonds is 11. The molecule has 3 N–H and O–H groups in total. The van der Waals surface area contributed by atoms with Gasteiger partial charge in [0.05, 0.1) is 18.5 Å². The minimum atomic E-state index is -1.23. The number of nitrogens with one attached hydrogen (secondary N) is 2. The van der Waals surface area contributed by atoms with E-state index in [0.29, 0.717) is 17.1 Å². The molecule has 4 rings (SSSR count). The van der Waals surface area contributed by atoms with Crippen LogP contribution in [-0.4, -0.2) is 99.1 Å². The van der Waals surface area contributed by atoms with Crippen molar-refractivity contribution >= 4 is 47.0 Å². The predicted octanol–water partition coefficient (Wildman–Crippen LogP) is -1.12. The molecule has 2 atom stereocenters. The topological polar surface area (TPSA) is 183 Å². The molecule has 39 heavy (non-hydrogen) atoms. The quantitative estimate of drug-likeness (QED) is 0.0996. The van der Waals surface area contributed by atoms with Crippen LogP contribution in [0.1, 0.15) is 12.6 Å². The normalized spacial score (nSPS) is 18.7. The number of H-pyrrole nitrogens is 1. The zero-order valence-electron chi connectivity index (χ0n) is 21.4. The number of amides is 2. The van der Waals surface area contributed by atoms with Crippen molar-refractivity contribution in [3.8, 4) is 0 Å². The van der Waals surface area contributed by atoms with Crippen LogP contribution in [0.15, 0.2) is 47.3 Å². The summed E-state index contributed by atoms with van der Waals surface area (Å²) in [5.41, 5.74) is 0.389. The first-order valence-electron chi connectivity index (χ1n) is 11.8. The fourth-order valence-electron chi connectivity index (χ4n) is 3.94. The molecular formula is C23H27N8O7S+. The number of nitrogens with zero attached hydrogens (tertiary/aromatic N) is 6. The van der Waals surface area contributed by atoms with E-state index in [2.05, 4.69) is 25.7 Å². The molecule has 0 aliphatic carbocycles. The van der Waals surface area contributed by atoms with E-state index in [1.165, 1.54) is 28.9 Å². The number of carbonyl (C=O) groups is 4. The van der Waals surface area contributed by atoms with E-state index in [9.17, 15) is 24.3 Å². The minimum absolute atomic E-state index is 0.106. The van der Waals surface area contributed by atoms with Gasteiger partial charge in [0.25, 0.3) is 11.8 Å². The van der Waals surface area contributed by atoms with E-state index in [1.54, 1.807) is 30.1 Å². The highest BCUT2D eigenvalue weighted by atomic mass is 32.2. The second-order valence-electron chi connectivity index (χ2n) is 8.59. The van der Waals surface area contributed by atoms with Gasteiger partial charge in [0.15, 0.2) is 24.3 Å². The lowest BCUT2D eigenvalue weighted by molar-refractivity contribution is -0.688. The average Bonchev–Trinajstić information content (AvgIpc) is 3.44. The van der Waals surface area contributed by atoms with Crippen molar-refractivity contribution in [2.45, 2.75) is 24.9 Å². The van der Waals surface area contributed by atoms with Crippen molar-refractivity contribution in [1.82, 2.24) is 25.4 Å². The highest BCUT2D eigenvalue weighted by Gasteiger charge is 2.54. The zero-order chi connectivity index (χ0) is 28.1. The van der Waals surface area contributed by atoms with Crippen LogP contribution in [0.25, 0.3) is 0 Å². The van der Waals surface area contributed by atoms with Crippen LogP contribution in [0.2, 0.25) is 0 Å². The van der Waals surface area contributed by atoms with Gasteiger partial charge in [-0.25, -0.2) is 14.6 Å². The molecule has 1 unspecified atom stereocenters. The van der Waals surface area contributed by atoms with Gasteiger partial charge in [-0.1, -0.05) is 5.16 Å². The Morgan fingerprint density at radius 3 is 2.82 bits per heavy atom. The number of carbonyl (C=O) groups excluding carboxylic acids is 3. The summed E-state index contributed by atoms with van der Waals surface area (Å²) in [6.45, 7) is 1.53. The number of aromatic amines is 1. The van der Waals surface area contributed by atoms with E-state index in [0.717, 1.165) is 0 Å². The third kappa shape index (κ3) is 6.00. The number of oxime groups is 1. The number of carboxylic acids is 1. The molecule has 16 heteroatoms. The fourth-order valence-corrected chi connectivity index (χ4v) is 5.27. The van der Waals surface area contributed by atoms with Crippen molar-refractivity contribution in [3.63, 3.8) is 0 Å². The molecule has 4 heterocycles. The molecule has 2 aliphatic heterocycles. The van der Waals surface area contributed by atoms with Crippen LogP contribution in [0.5, 0.6) is 0 Å². The number of esters is 1. The maximum atomic E-state index is 13.1. The molecule has 0 aromatic carbocycles. The summed E-state index contributed by atoms with van der Waals surface area (Å²) < 4.78 is 6.57. The number of hydrogen-bond acceptors (Lipinski definition) is 11. The average molecular weight is 560 g/mol. The van der Waals surface area contributed by atoms with Crippen LogP contribution >= 0.6 is 11.8 Å². The molecule has 0 bridgehead atoms. The van der Waals surface area contributed by atoms with Crippen molar-refractivity contribution in [2.75, 3.05) is 38.0 Å². The Kier molecular flexibility index (Phi) is 8.43. The largest absolute Gasteiger partial charge is 0.477 e. The number of β-lactam (4-membered cyclic amide) rings is 1. The minimum Gasteiger partial charge on any atom is -0.477 e. The van der Waals surface area contributed by atoms with Crippen LogP contribution in [0.3, 0.4) is 0 Å². The highest BCUT2D eigenvalue weighted by Crippen LogP contribution is 2.40. The van der Waals surface area contributed by atoms with Crippen LogP contribution in [-0.2, 0) is 35.3 Å². The molecule has 206 valence electrons. The smallest absolute Gasteiger partial charge is 0.352 e. The molecule has 2 aromatic heterocycles. The van der Waals surface area contributed by atoms with Gasteiger partial charge in [-0.2, -0.15) is 9.67 Å². The second kappa shape index (κ2) is 11.9. The van der Waals surface area contributed by atoms with Crippen molar-refractivity contribution < 1.29 is 38.4 Å². The molecule has 0 saturated carbocycles. The van der Waals surface area contributed by atoms with Gasteiger partial charge in [0.1, 0.15) is 17.1 Å². The standard InChI is InChI=1S/C23H26N8O7S/c1-4-37-16(32)11-38-28-17(14-5-6-25-27-14)20(33)26-18-21(34)31-19(23(35)36)13(12-39-22(18)31)9-30-8-7-24-15(10-30)29(2)3/h5-8,10,18,22H,4,9,11-12H2,1-3H3,(H2-,25,26,27,28,33,35,36)/p+1/t18?,22-/m1/s1. The van der Waals surface area contributed by atoms with Gasteiger partial charge in [-0.15, -0.1) is 11.8 Å². The SMILES string of the molecule is CCOC(=O)CO/N=C(/C(=O)NC1C(=O)N2C(C(=O)O)=C(C[n+]3ccnc(N(C)C)c3)CS[C@H]12)c1ccn[nH]1. The lowest BCUT2D eigenvalue weighted by Crippen LogP contribution is -2.71. The van der Waals surface area contributed by atoms with E-state index in [-0.39, 0.29) is 30.3 Å². The lowest BCUT2D eigenvalue weighted by Gasteiger charge is -2.49. The number of aliphatic carboxylic acids is 1. The summed E-state index contributed by atoms with van der Waals surface area (Å²) in [5.74, 6) is -2.21. The fraction of sp³-hybridized carbons (Fsp3) is 0.391. The van der Waals surface area contributed by atoms with Gasteiger partial charge in [0, 0.05) is 31.6 Å². The first kappa shape index (κ1) is 27.6. The van der Waals surface area contributed by atoms with Gasteiger partial charge < -0.3 is 24.9 Å². The monoisotopic (exact) mass is 559 g/mol. The number of carboxylic acid groups (broad SMARTS) is 1. The third-order valence-corrected chi connectivity index (χ3v) is 7.07. The molecule has 2 aliphatic rings. The molecule has 0 spiro atoms. The van der Waals surface area contributed by atoms with Crippen molar-refractivity contribution in [3.05, 3.63) is 47.8 Å². The lowest BCUT2D eigenvalue weighted by atomic mass is 10.0. The van der Waals surface area contributed by atoms with Crippen molar-refractivity contribution in [2.24, 2.45) is 5.16 Å². The summed E-state index contributed by atoms with van der Waals surface area (Å²) >= 11 is 1.34. The first-order valence-corrected chi connectivity index (χ1v) is 12.8. The number of thioether (sulfide) groups is 1. The van der Waals surface area contributed by atoms with Gasteiger partial charge in [-0.3, -0.25) is 19.6 Å². The summed E-state index contributed by atoms with van der Waals surface area (Å²) in [6, 6.07) is 0.470. The van der Waals surface area contributed by atoms with Gasteiger partial charge in [-0.05, 0) is 13.0 Å². The molecule has 1 fully saturated rings. The Morgan fingerprint density at radius 2 is 2.15 bits per heavy atom. The number of fused-ring (bicyclic) bond motifs is 1. The Bertz CT molecular complexity index is 1330. The van der Waals surface area contributed by atoms with Crippen LogP contribution in [0.4, 0.5) is 5.82 Å². The Hall–Kier alpha value is -4.47. The number of aromatic nitrogens is 4. The zero-order valence-corrected chi connectivity index (χ0v) is 22.2. The summed E-state index contributed by atoms with van der Waals surface area (Å²) in [5, 5.41) is 22.1. The van der Waals surface area contributed by atoms with Crippen molar-refractivity contribution in [1.29, 1.82) is 0 Å². The molecule has 15 nitrogen and oxygen atoms in total. The molecular weight excluding hydrogens is 532 g/mol. The van der Waals surface area contributed by atoms with E-state index < -0.39 is 41.8 Å². The summed E-state index contributed by atoms with van der Waals surface area (Å²) in [7, 11) is 3.69. The Labute approximate surface area is 226 Å². The van der Waals surface area contributed by atoms with E-state index in [1.807, 2.05) is 19.0 Å². The van der Waals surface area contributed by atoms with Crippen LogP contribution < -0.4 is 14.8 Å².